The zero-order chi connectivity index (χ0) is 25.9. The van der Waals surface area contributed by atoms with Crippen molar-refractivity contribution in [3.63, 3.8) is 0 Å². The van der Waals surface area contributed by atoms with Gasteiger partial charge in [0.15, 0.2) is 0 Å². The van der Waals surface area contributed by atoms with E-state index in [1.54, 1.807) is 50.9 Å². The summed E-state index contributed by atoms with van der Waals surface area (Å²) in [5.41, 5.74) is 3.53. The second-order valence-electron chi connectivity index (χ2n) is 10.0. The minimum atomic E-state index is -0.174. The third kappa shape index (κ3) is 5.57. The van der Waals surface area contributed by atoms with Gasteiger partial charge in [0.2, 0.25) is 0 Å². The van der Waals surface area contributed by atoms with E-state index in [1.807, 2.05) is 30.5 Å². The van der Waals surface area contributed by atoms with Crippen LogP contribution in [0.15, 0.2) is 47.5 Å². The molecule has 0 aliphatic heterocycles. The number of ether oxygens (including phenoxy) is 3. The molecule has 0 saturated carbocycles. The molecule has 6 nitrogen and oxygen atoms in total. The number of fused-ring (bicyclic) bond motifs is 1. The number of thiophene rings is 1. The molecule has 2 aromatic carbocycles. The monoisotopic (exact) mass is 506 g/mol. The van der Waals surface area contributed by atoms with Crippen LogP contribution in [-0.4, -0.2) is 33.5 Å². The maximum atomic E-state index is 13.7. The molecule has 0 spiro atoms. The van der Waals surface area contributed by atoms with Crippen molar-refractivity contribution in [1.82, 2.24) is 0 Å². The molecule has 1 unspecified atom stereocenters. The van der Waals surface area contributed by atoms with E-state index in [1.165, 1.54) is 4.88 Å². The summed E-state index contributed by atoms with van der Waals surface area (Å²) in [5, 5.41) is 3.79. The largest absolute Gasteiger partial charge is 0.497 e. The van der Waals surface area contributed by atoms with Crippen LogP contribution in [0.1, 0.15) is 53.6 Å². The van der Waals surface area contributed by atoms with Crippen molar-refractivity contribution >= 4 is 34.1 Å². The van der Waals surface area contributed by atoms with Gasteiger partial charge in [-0.1, -0.05) is 20.8 Å². The Morgan fingerprint density at radius 3 is 2.36 bits per heavy atom. The highest BCUT2D eigenvalue weighted by molar-refractivity contribution is 7.16. The van der Waals surface area contributed by atoms with Crippen LogP contribution in [0.2, 0.25) is 0 Å². The Kier molecular flexibility index (Phi) is 7.69. The van der Waals surface area contributed by atoms with Crippen molar-refractivity contribution in [3.8, 4) is 17.2 Å². The Balaban J connectivity index is 1.70. The first-order valence-electron chi connectivity index (χ1n) is 12.1. The first kappa shape index (κ1) is 25.8. The molecule has 4 rings (SSSR count). The van der Waals surface area contributed by atoms with Crippen molar-refractivity contribution in [2.45, 2.75) is 40.0 Å². The Bertz CT molecular complexity index is 1260. The van der Waals surface area contributed by atoms with Crippen LogP contribution < -0.4 is 19.5 Å². The maximum Gasteiger partial charge on any atom is 0.259 e. The predicted octanol–water partition coefficient (Wildman–Crippen LogP) is 6.93. The van der Waals surface area contributed by atoms with E-state index in [4.69, 9.17) is 19.2 Å². The van der Waals surface area contributed by atoms with Gasteiger partial charge in [0.1, 0.15) is 22.2 Å². The van der Waals surface area contributed by atoms with Gasteiger partial charge in [-0.25, -0.2) is 4.99 Å². The Hall–Kier alpha value is -3.32. The van der Waals surface area contributed by atoms with Gasteiger partial charge < -0.3 is 19.5 Å². The van der Waals surface area contributed by atoms with E-state index in [9.17, 15) is 4.79 Å². The van der Waals surface area contributed by atoms with Gasteiger partial charge in [0.25, 0.3) is 5.91 Å². The smallest absolute Gasteiger partial charge is 0.259 e. The number of anilines is 1. The van der Waals surface area contributed by atoms with Crippen LogP contribution in [0.25, 0.3) is 0 Å². The van der Waals surface area contributed by atoms with E-state index in [0.717, 1.165) is 41.1 Å². The van der Waals surface area contributed by atoms with Gasteiger partial charge in [0.05, 0.1) is 32.6 Å². The highest BCUT2D eigenvalue weighted by atomic mass is 32.1. The molecule has 1 aliphatic carbocycles. The number of methoxy groups -OCH3 is 3. The Morgan fingerprint density at radius 1 is 1.03 bits per heavy atom. The van der Waals surface area contributed by atoms with Crippen LogP contribution in [0, 0.1) is 11.3 Å². The highest BCUT2D eigenvalue weighted by Crippen LogP contribution is 2.45. The Morgan fingerprint density at radius 2 is 1.72 bits per heavy atom. The molecule has 0 bridgehead atoms. The summed E-state index contributed by atoms with van der Waals surface area (Å²) >= 11 is 1.63. The molecule has 190 valence electrons. The van der Waals surface area contributed by atoms with Gasteiger partial charge in [-0.3, -0.25) is 4.79 Å². The number of hydrogen-bond acceptors (Lipinski definition) is 6. The van der Waals surface area contributed by atoms with Crippen molar-refractivity contribution in [3.05, 3.63) is 64.0 Å². The van der Waals surface area contributed by atoms with E-state index >= 15 is 0 Å². The number of carbonyl (C=O) groups is 1. The SMILES string of the molecule is COc1ccc(/C=N\c2sc3c(c2C(=O)Nc2ccc(OC)cc2OC)CCC(C(C)(C)C)C3)cc1. The number of amides is 1. The average molecular weight is 507 g/mol. The second-order valence-corrected chi connectivity index (χ2v) is 11.1. The molecule has 1 aromatic heterocycles. The summed E-state index contributed by atoms with van der Waals surface area (Å²) in [4.78, 5) is 19.7. The molecule has 1 atom stereocenters. The average Bonchev–Trinajstić information content (AvgIpc) is 3.25. The molecule has 7 heteroatoms. The minimum Gasteiger partial charge on any atom is -0.497 e. The zero-order valence-electron chi connectivity index (χ0n) is 21.8. The van der Waals surface area contributed by atoms with Gasteiger partial charge in [-0.05, 0) is 78.1 Å². The minimum absolute atomic E-state index is 0.174. The van der Waals surface area contributed by atoms with Crippen molar-refractivity contribution in [2.24, 2.45) is 16.3 Å². The third-order valence-corrected chi connectivity index (χ3v) is 7.96. The number of benzene rings is 2. The molecule has 1 N–H and O–H groups in total. The van der Waals surface area contributed by atoms with Gasteiger partial charge in [0, 0.05) is 17.2 Å². The molecular formula is C29H34N2O4S. The number of aliphatic imine (C=N–C) groups is 1. The summed E-state index contributed by atoms with van der Waals surface area (Å²) in [7, 11) is 4.82. The summed E-state index contributed by atoms with van der Waals surface area (Å²) < 4.78 is 16.0. The van der Waals surface area contributed by atoms with E-state index < -0.39 is 0 Å². The topological polar surface area (TPSA) is 69.2 Å². The van der Waals surface area contributed by atoms with E-state index in [2.05, 4.69) is 26.1 Å². The number of rotatable bonds is 7. The van der Waals surface area contributed by atoms with Gasteiger partial charge >= 0.3 is 0 Å². The molecule has 0 radical (unpaired) electrons. The van der Waals surface area contributed by atoms with E-state index in [0.29, 0.717) is 28.7 Å². The first-order chi connectivity index (χ1) is 17.2. The molecule has 1 amide bonds. The van der Waals surface area contributed by atoms with Gasteiger partial charge in [-0.15, -0.1) is 11.3 Å². The van der Waals surface area contributed by atoms with Crippen molar-refractivity contribution < 1.29 is 19.0 Å². The maximum absolute atomic E-state index is 13.7. The van der Waals surface area contributed by atoms with Crippen molar-refractivity contribution in [2.75, 3.05) is 26.6 Å². The molecule has 1 aliphatic rings. The molecular weight excluding hydrogens is 472 g/mol. The predicted molar refractivity (Wildman–Crippen MR) is 147 cm³/mol. The summed E-state index contributed by atoms with van der Waals surface area (Å²) in [5.74, 6) is 2.39. The lowest BCUT2D eigenvalue weighted by Gasteiger charge is -2.33. The van der Waals surface area contributed by atoms with Gasteiger partial charge in [-0.2, -0.15) is 0 Å². The fourth-order valence-corrected chi connectivity index (χ4v) is 5.81. The second kappa shape index (κ2) is 10.7. The summed E-state index contributed by atoms with van der Waals surface area (Å²) in [6.45, 7) is 6.88. The lowest BCUT2D eigenvalue weighted by atomic mass is 9.72. The third-order valence-electron chi connectivity index (χ3n) is 6.80. The fourth-order valence-electron chi connectivity index (χ4n) is 4.55. The lowest BCUT2D eigenvalue weighted by Crippen LogP contribution is -2.27. The number of hydrogen-bond donors (Lipinski definition) is 1. The zero-order valence-corrected chi connectivity index (χ0v) is 22.6. The fraction of sp³-hybridized carbons (Fsp3) is 0.379. The molecule has 1 heterocycles. The van der Waals surface area contributed by atoms with Crippen LogP contribution in [-0.2, 0) is 12.8 Å². The lowest BCUT2D eigenvalue weighted by molar-refractivity contribution is 0.102. The highest BCUT2D eigenvalue weighted by Gasteiger charge is 2.33. The van der Waals surface area contributed by atoms with Crippen LogP contribution in [0.3, 0.4) is 0 Å². The number of carbonyl (C=O) groups excluding carboxylic acids is 1. The normalized spacial score (nSPS) is 15.4. The summed E-state index contributed by atoms with van der Waals surface area (Å²) in [6.07, 6.45) is 4.70. The Labute approximate surface area is 217 Å². The number of nitrogens with one attached hydrogen (secondary N) is 1. The molecule has 0 fully saturated rings. The van der Waals surface area contributed by atoms with Crippen LogP contribution >= 0.6 is 11.3 Å². The first-order valence-corrected chi connectivity index (χ1v) is 12.9. The van der Waals surface area contributed by atoms with Crippen LogP contribution in [0.4, 0.5) is 10.7 Å². The molecule has 3 aromatic rings. The van der Waals surface area contributed by atoms with E-state index in [-0.39, 0.29) is 11.3 Å². The number of nitrogens with zero attached hydrogens (tertiary/aromatic N) is 1. The quantitative estimate of drug-likeness (QED) is 0.353. The van der Waals surface area contributed by atoms with Crippen LogP contribution in [0.5, 0.6) is 17.2 Å². The standard InChI is InChI=1S/C29H34N2O4S/c1-29(2,3)19-9-13-22-25(15-19)36-28(30-17-18-7-10-20(33-4)11-8-18)26(22)27(32)31-23-14-12-21(34-5)16-24(23)35-6/h7-8,10-12,14,16-17,19H,9,13,15H2,1-6H3,(H,31,32)/b30-17-. The van der Waals surface area contributed by atoms with Crippen molar-refractivity contribution in [1.29, 1.82) is 0 Å². The molecule has 36 heavy (non-hydrogen) atoms. The molecule has 0 saturated heterocycles. The summed E-state index contributed by atoms with van der Waals surface area (Å²) in [6, 6.07) is 13.1.